The fourth-order valence-corrected chi connectivity index (χ4v) is 3.42. The maximum absolute atomic E-state index is 13.1. The Morgan fingerprint density at radius 2 is 1.29 bits per heavy atom. The van der Waals surface area contributed by atoms with Crippen LogP contribution in [-0.4, -0.2) is 37.3 Å². The van der Waals surface area contributed by atoms with Crippen LogP contribution in [0.2, 0.25) is 0 Å². The van der Waals surface area contributed by atoms with E-state index in [1.807, 2.05) is 4.90 Å². The number of halogens is 6. The summed E-state index contributed by atoms with van der Waals surface area (Å²) in [5, 5.41) is 3.13. The molecular weight excluding hydrogens is 382 g/mol. The van der Waals surface area contributed by atoms with E-state index >= 15 is 0 Å². The molecule has 152 valence electrons. The average Bonchev–Trinajstić information content (AvgIpc) is 2.66. The molecule has 1 aliphatic rings. The van der Waals surface area contributed by atoms with Gasteiger partial charge in [0.25, 0.3) is 0 Å². The molecular formula is C20H20F6N2. The SMILES string of the molecule is FC(F)(F)C[C@@H](c1ccc(-c2ccc(C(F)(F)F)cc2)cc1)N1CCNCC1. The molecule has 8 heteroatoms. The molecule has 2 nitrogen and oxygen atoms in total. The Morgan fingerprint density at radius 1 is 0.786 bits per heavy atom. The lowest BCUT2D eigenvalue weighted by atomic mass is 9.97. The highest BCUT2D eigenvalue weighted by molar-refractivity contribution is 5.64. The lowest BCUT2D eigenvalue weighted by Crippen LogP contribution is -2.46. The van der Waals surface area contributed by atoms with Gasteiger partial charge in [0, 0.05) is 32.2 Å². The molecule has 0 saturated carbocycles. The largest absolute Gasteiger partial charge is 0.416 e. The molecule has 1 saturated heterocycles. The summed E-state index contributed by atoms with van der Waals surface area (Å²) >= 11 is 0. The molecule has 2 aromatic carbocycles. The Morgan fingerprint density at radius 3 is 1.75 bits per heavy atom. The van der Waals surface area contributed by atoms with E-state index < -0.39 is 30.4 Å². The molecule has 0 spiro atoms. The molecule has 1 aliphatic heterocycles. The summed E-state index contributed by atoms with van der Waals surface area (Å²) in [6, 6.07) is 10.5. The second-order valence-electron chi connectivity index (χ2n) is 6.82. The molecule has 1 heterocycles. The van der Waals surface area contributed by atoms with Gasteiger partial charge < -0.3 is 5.32 Å². The van der Waals surface area contributed by atoms with Gasteiger partial charge in [0.1, 0.15) is 0 Å². The summed E-state index contributed by atoms with van der Waals surface area (Å²) in [6.07, 6.45) is -9.63. The molecule has 1 fully saturated rings. The van der Waals surface area contributed by atoms with Gasteiger partial charge in [0.2, 0.25) is 0 Å². The van der Waals surface area contributed by atoms with Crippen molar-refractivity contribution in [3.63, 3.8) is 0 Å². The van der Waals surface area contributed by atoms with Gasteiger partial charge in [-0.2, -0.15) is 26.3 Å². The van der Waals surface area contributed by atoms with Crippen LogP contribution in [0.5, 0.6) is 0 Å². The molecule has 0 amide bonds. The Labute approximate surface area is 159 Å². The van der Waals surface area contributed by atoms with Crippen LogP contribution in [-0.2, 0) is 6.18 Å². The Hall–Kier alpha value is -2.06. The first-order valence-corrected chi connectivity index (χ1v) is 8.92. The van der Waals surface area contributed by atoms with Crippen LogP contribution in [0.15, 0.2) is 48.5 Å². The highest BCUT2D eigenvalue weighted by Crippen LogP contribution is 2.35. The number of nitrogens with one attached hydrogen (secondary N) is 1. The molecule has 28 heavy (non-hydrogen) atoms. The van der Waals surface area contributed by atoms with E-state index in [4.69, 9.17) is 0 Å². The minimum atomic E-state index is -4.41. The zero-order valence-electron chi connectivity index (χ0n) is 14.9. The van der Waals surface area contributed by atoms with Crippen LogP contribution in [0.25, 0.3) is 11.1 Å². The predicted molar refractivity (Wildman–Crippen MR) is 94.7 cm³/mol. The summed E-state index contributed by atoms with van der Waals surface area (Å²) in [7, 11) is 0. The van der Waals surface area contributed by atoms with Gasteiger partial charge in [-0.05, 0) is 28.8 Å². The van der Waals surface area contributed by atoms with Crippen LogP contribution >= 0.6 is 0 Å². The van der Waals surface area contributed by atoms with E-state index in [0.717, 1.165) is 12.1 Å². The molecule has 0 aromatic heterocycles. The fraction of sp³-hybridized carbons (Fsp3) is 0.400. The minimum Gasteiger partial charge on any atom is -0.314 e. The maximum Gasteiger partial charge on any atom is 0.416 e. The van der Waals surface area contributed by atoms with Gasteiger partial charge in [-0.3, -0.25) is 4.90 Å². The van der Waals surface area contributed by atoms with Crippen LogP contribution < -0.4 is 5.32 Å². The second kappa shape index (κ2) is 8.13. The van der Waals surface area contributed by atoms with E-state index in [9.17, 15) is 26.3 Å². The summed E-state index contributed by atoms with van der Waals surface area (Å²) in [6.45, 7) is 2.33. The van der Waals surface area contributed by atoms with E-state index in [1.165, 1.54) is 12.1 Å². The Kier molecular flexibility index (Phi) is 6.00. The number of rotatable bonds is 4. The van der Waals surface area contributed by atoms with Crippen LogP contribution in [0.1, 0.15) is 23.6 Å². The summed E-state index contributed by atoms with van der Waals surface area (Å²) < 4.78 is 77.3. The van der Waals surface area contributed by atoms with Crippen molar-refractivity contribution in [3.8, 4) is 11.1 Å². The normalized spacial score (nSPS) is 17.5. The Bertz CT molecular complexity index is 759. The third kappa shape index (κ3) is 5.26. The summed E-state index contributed by atoms with van der Waals surface area (Å²) in [5.41, 5.74) is 1.05. The number of benzene rings is 2. The van der Waals surface area contributed by atoms with Gasteiger partial charge in [-0.15, -0.1) is 0 Å². The number of hydrogen-bond donors (Lipinski definition) is 1. The number of nitrogens with zero attached hydrogens (tertiary/aromatic N) is 1. The average molecular weight is 402 g/mol. The van der Waals surface area contributed by atoms with Gasteiger partial charge in [-0.25, -0.2) is 0 Å². The molecule has 0 aliphatic carbocycles. The zero-order valence-corrected chi connectivity index (χ0v) is 14.9. The van der Waals surface area contributed by atoms with Crippen molar-refractivity contribution in [2.24, 2.45) is 0 Å². The van der Waals surface area contributed by atoms with Crippen LogP contribution in [0.4, 0.5) is 26.3 Å². The summed E-state index contributed by atoms with van der Waals surface area (Å²) in [4.78, 5) is 1.82. The van der Waals surface area contributed by atoms with Gasteiger partial charge in [0.15, 0.2) is 0 Å². The fourth-order valence-electron chi connectivity index (χ4n) is 3.42. The molecule has 1 N–H and O–H groups in total. The van der Waals surface area contributed by atoms with Crippen molar-refractivity contribution >= 4 is 0 Å². The van der Waals surface area contributed by atoms with Gasteiger partial charge in [0.05, 0.1) is 12.0 Å². The quantitative estimate of drug-likeness (QED) is 0.701. The number of piperazine rings is 1. The highest BCUT2D eigenvalue weighted by Gasteiger charge is 2.36. The predicted octanol–water partition coefficient (Wildman–Crippen LogP) is 5.27. The van der Waals surface area contributed by atoms with Crippen molar-refractivity contribution in [1.82, 2.24) is 10.2 Å². The third-order valence-electron chi connectivity index (χ3n) is 4.86. The molecule has 3 rings (SSSR count). The minimum absolute atomic E-state index is 0.529. The van der Waals surface area contributed by atoms with E-state index in [-0.39, 0.29) is 0 Å². The first-order chi connectivity index (χ1) is 13.1. The van der Waals surface area contributed by atoms with Gasteiger partial charge in [-0.1, -0.05) is 36.4 Å². The lowest BCUT2D eigenvalue weighted by Gasteiger charge is -2.35. The highest BCUT2D eigenvalue weighted by atomic mass is 19.4. The molecule has 0 bridgehead atoms. The van der Waals surface area contributed by atoms with Crippen molar-refractivity contribution < 1.29 is 26.3 Å². The monoisotopic (exact) mass is 402 g/mol. The smallest absolute Gasteiger partial charge is 0.314 e. The summed E-state index contributed by atoms with van der Waals surface area (Å²) in [5.74, 6) is 0. The third-order valence-corrected chi connectivity index (χ3v) is 4.86. The van der Waals surface area contributed by atoms with E-state index in [0.29, 0.717) is 42.9 Å². The van der Waals surface area contributed by atoms with Crippen molar-refractivity contribution in [3.05, 3.63) is 59.7 Å². The van der Waals surface area contributed by atoms with Crippen molar-refractivity contribution in [2.75, 3.05) is 26.2 Å². The molecule has 0 radical (unpaired) electrons. The first kappa shape index (κ1) is 20.7. The van der Waals surface area contributed by atoms with Crippen molar-refractivity contribution in [2.45, 2.75) is 24.8 Å². The van der Waals surface area contributed by atoms with E-state index in [1.54, 1.807) is 24.3 Å². The van der Waals surface area contributed by atoms with Crippen LogP contribution in [0, 0.1) is 0 Å². The Balaban J connectivity index is 1.82. The van der Waals surface area contributed by atoms with Crippen LogP contribution in [0.3, 0.4) is 0 Å². The number of hydrogen-bond acceptors (Lipinski definition) is 2. The topological polar surface area (TPSA) is 15.3 Å². The standard InChI is InChI=1S/C20H20F6N2/c21-19(22,23)13-18(28-11-9-27-10-12-28)16-3-1-14(2-4-16)15-5-7-17(8-6-15)20(24,25)26/h1-8,18,27H,9-13H2/t18-/m0/s1. The molecule has 0 unspecified atom stereocenters. The zero-order chi connectivity index (χ0) is 20.4. The molecule has 2 aromatic rings. The first-order valence-electron chi connectivity index (χ1n) is 8.92. The lowest BCUT2D eigenvalue weighted by molar-refractivity contribution is -0.148. The number of alkyl halides is 6. The van der Waals surface area contributed by atoms with E-state index in [2.05, 4.69) is 5.32 Å². The van der Waals surface area contributed by atoms with Crippen molar-refractivity contribution in [1.29, 1.82) is 0 Å². The second-order valence-corrected chi connectivity index (χ2v) is 6.82. The van der Waals surface area contributed by atoms with Gasteiger partial charge >= 0.3 is 12.4 Å². The maximum atomic E-state index is 13.1. The molecule has 1 atom stereocenters.